The lowest BCUT2D eigenvalue weighted by molar-refractivity contribution is 0.298. The lowest BCUT2D eigenvalue weighted by atomic mass is 10.1. The average molecular weight is 245 g/mol. The first kappa shape index (κ1) is 12.1. The molecule has 0 aliphatic carbocycles. The van der Waals surface area contributed by atoms with Gasteiger partial charge in [-0.05, 0) is 43.9 Å². The molecule has 2 atom stereocenters. The van der Waals surface area contributed by atoms with Crippen LogP contribution in [0.25, 0.3) is 0 Å². The zero-order valence-corrected chi connectivity index (χ0v) is 11.2. The summed E-state index contributed by atoms with van der Waals surface area (Å²) in [4.78, 5) is 7.17. The van der Waals surface area contributed by atoms with Gasteiger partial charge >= 0.3 is 0 Å². The molecule has 3 heterocycles. The maximum absolute atomic E-state index is 4.52. The zero-order chi connectivity index (χ0) is 12.4. The first-order valence-electron chi connectivity index (χ1n) is 7.28. The summed E-state index contributed by atoms with van der Waals surface area (Å²) in [5, 5.41) is 3.74. The Morgan fingerprint density at radius 3 is 3.22 bits per heavy atom. The molecule has 1 aromatic heterocycles. The third kappa shape index (κ3) is 2.29. The molecule has 2 aliphatic rings. The Bertz CT molecular complexity index is 404. The fourth-order valence-electron chi connectivity index (χ4n) is 3.50. The molecule has 2 saturated heterocycles. The molecular formula is C15H23N3. The smallest absolute Gasteiger partial charge is 0.0573 e. The van der Waals surface area contributed by atoms with Crippen molar-refractivity contribution in [2.24, 2.45) is 0 Å². The van der Waals surface area contributed by atoms with Crippen LogP contribution in [0.1, 0.15) is 37.4 Å². The Morgan fingerprint density at radius 1 is 1.39 bits per heavy atom. The molecule has 2 fully saturated rings. The number of nitrogens with zero attached hydrogens (tertiary/aromatic N) is 2. The molecule has 1 aromatic rings. The molecule has 3 nitrogen and oxygen atoms in total. The molecule has 0 spiro atoms. The molecule has 1 N–H and O–H groups in total. The summed E-state index contributed by atoms with van der Waals surface area (Å²) in [5.41, 5.74) is 2.61. The van der Waals surface area contributed by atoms with Gasteiger partial charge in [0.15, 0.2) is 0 Å². The quantitative estimate of drug-likeness (QED) is 0.879. The zero-order valence-electron chi connectivity index (χ0n) is 11.2. The largest absolute Gasteiger partial charge is 0.307 e. The SMILES string of the molecule is CCc1cccnc1CNC1CCN2CCCC12. The molecule has 18 heavy (non-hydrogen) atoms. The van der Waals surface area contributed by atoms with Gasteiger partial charge in [-0.2, -0.15) is 0 Å². The van der Waals surface area contributed by atoms with Crippen LogP contribution in [0.4, 0.5) is 0 Å². The molecule has 2 aliphatic heterocycles. The van der Waals surface area contributed by atoms with E-state index in [2.05, 4.69) is 28.2 Å². The van der Waals surface area contributed by atoms with E-state index in [0.717, 1.165) is 19.0 Å². The van der Waals surface area contributed by atoms with Crippen molar-refractivity contribution in [2.45, 2.75) is 51.2 Å². The van der Waals surface area contributed by atoms with Gasteiger partial charge in [0, 0.05) is 31.4 Å². The Labute approximate surface area is 110 Å². The fourth-order valence-corrected chi connectivity index (χ4v) is 3.50. The highest BCUT2D eigenvalue weighted by Gasteiger charge is 2.36. The van der Waals surface area contributed by atoms with E-state index in [9.17, 15) is 0 Å². The minimum Gasteiger partial charge on any atom is -0.307 e. The van der Waals surface area contributed by atoms with E-state index in [-0.39, 0.29) is 0 Å². The van der Waals surface area contributed by atoms with E-state index in [0.29, 0.717) is 6.04 Å². The highest BCUT2D eigenvalue weighted by Crippen LogP contribution is 2.28. The van der Waals surface area contributed by atoms with Gasteiger partial charge in [0.25, 0.3) is 0 Å². The summed E-state index contributed by atoms with van der Waals surface area (Å²) in [5.74, 6) is 0. The van der Waals surface area contributed by atoms with Gasteiger partial charge < -0.3 is 5.32 Å². The van der Waals surface area contributed by atoms with Crippen molar-refractivity contribution in [1.82, 2.24) is 15.2 Å². The van der Waals surface area contributed by atoms with Crippen molar-refractivity contribution < 1.29 is 0 Å². The standard InChI is InChI=1S/C15H23N3/c1-2-12-5-3-8-16-14(12)11-17-13-7-10-18-9-4-6-15(13)18/h3,5,8,13,15,17H,2,4,6-7,9-11H2,1H3. The Balaban J connectivity index is 1.61. The van der Waals surface area contributed by atoms with Crippen LogP contribution in [0, 0.1) is 0 Å². The summed E-state index contributed by atoms with van der Waals surface area (Å²) in [6.45, 7) is 5.73. The van der Waals surface area contributed by atoms with E-state index in [1.807, 2.05) is 12.3 Å². The van der Waals surface area contributed by atoms with Gasteiger partial charge in [-0.15, -0.1) is 0 Å². The number of aryl methyl sites for hydroxylation is 1. The second-order valence-corrected chi connectivity index (χ2v) is 5.48. The van der Waals surface area contributed by atoms with E-state index in [4.69, 9.17) is 0 Å². The second kappa shape index (κ2) is 5.37. The van der Waals surface area contributed by atoms with Crippen LogP contribution in [0.3, 0.4) is 0 Å². The number of nitrogens with one attached hydrogen (secondary N) is 1. The number of hydrogen-bond donors (Lipinski definition) is 1. The maximum atomic E-state index is 4.52. The van der Waals surface area contributed by atoms with Crippen molar-refractivity contribution in [1.29, 1.82) is 0 Å². The first-order chi connectivity index (χ1) is 8.88. The van der Waals surface area contributed by atoms with Gasteiger partial charge in [-0.25, -0.2) is 0 Å². The Morgan fingerprint density at radius 2 is 2.33 bits per heavy atom. The second-order valence-electron chi connectivity index (χ2n) is 5.48. The normalized spacial score (nSPS) is 27.6. The van der Waals surface area contributed by atoms with E-state index in [1.165, 1.54) is 43.6 Å². The predicted octanol–water partition coefficient (Wildman–Crippen LogP) is 1.97. The number of pyridine rings is 1. The number of hydrogen-bond acceptors (Lipinski definition) is 3. The Kier molecular flexibility index (Phi) is 3.62. The van der Waals surface area contributed by atoms with Gasteiger partial charge in [0.1, 0.15) is 0 Å². The van der Waals surface area contributed by atoms with Crippen molar-refractivity contribution >= 4 is 0 Å². The molecule has 0 saturated carbocycles. The minimum absolute atomic E-state index is 0.680. The summed E-state index contributed by atoms with van der Waals surface area (Å²) < 4.78 is 0. The molecule has 2 unspecified atom stereocenters. The molecular weight excluding hydrogens is 222 g/mol. The summed E-state index contributed by atoms with van der Waals surface area (Å²) in [6.07, 6.45) is 7.05. The minimum atomic E-state index is 0.680. The monoisotopic (exact) mass is 245 g/mol. The third-order valence-corrected chi connectivity index (χ3v) is 4.50. The van der Waals surface area contributed by atoms with Crippen LogP contribution in [0.2, 0.25) is 0 Å². The summed E-state index contributed by atoms with van der Waals surface area (Å²) in [6, 6.07) is 5.70. The molecule has 0 aromatic carbocycles. The van der Waals surface area contributed by atoms with Crippen molar-refractivity contribution in [3.63, 3.8) is 0 Å². The maximum Gasteiger partial charge on any atom is 0.0573 e. The summed E-state index contributed by atoms with van der Waals surface area (Å²) in [7, 11) is 0. The van der Waals surface area contributed by atoms with Gasteiger partial charge in [0.2, 0.25) is 0 Å². The third-order valence-electron chi connectivity index (χ3n) is 4.50. The van der Waals surface area contributed by atoms with Crippen LogP contribution < -0.4 is 5.32 Å². The molecule has 3 heteroatoms. The van der Waals surface area contributed by atoms with Crippen LogP contribution >= 0.6 is 0 Å². The first-order valence-corrected chi connectivity index (χ1v) is 7.28. The van der Waals surface area contributed by atoms with Crippen molar-refractivity contribution in [2.75, 3.05) is 13.1 Å². The topological polar surface area (TPSA) is 28.2 Å². The molecule has 0 bridgehead atoms. The van der Waals surface area contributed by atoms with Gasteiger partial charge in [-0.1, -0.05) is 13.0 Å². The number of fused-ring (bicyclic) bond motifs is 1. The highest BCUT2D eigenvalue weighted by atomic mass is 15.2. The van der Waals surface area contributed by atoms with Crippen molar-refractivity contribution in [3.8, 4) is 0 Å². The lowest BCUT2D eigenvalue weighted by Gasteiger charge is -2.21. The molecule has 0 radical (unpaired) electrons. The van der Waals surface area contributed by atoms with Crippen LogP contribution in [0.5, 0.6) is 0 Å². The van der Waals surface area contributed by atoms with Crippen molar-refractivity contribution in [3.05, 3.63) is 29.6 Å². The van der Waals surface area contributed by atoms with Crippen LogP contribution in [-0.4, -0.2) is 35.1 Å². The molecule has 98 valence electrons. The van der Waals surface area contributed by atoms with E-state index < -0.39 is 0 Å². The lowest BCUT2D eigenvalue weighted by Crippen LogP contribution is -2.39. The van der Waals surface area contributed by atoms with Gasteiger partial charge in [-0.3, -0.25) is 9.88 Å². The fraction of sp³-hybridized carbons (Fsp3) is 0.667. The molecule has 3 rings (SSSR count). The van der Waals surface area contributed by atoms with Crippen LogP contribution in [-0.2, 0) is 13.0 Å². The average Bonchev–Trinajstić information content (AvgIpc) is 3.00. The number of rotatable bonds is 4. The van der Waals surface area contributed by atoms with E-state index in [1.54, 1.807) is 0 Å². The number of aromatic nitrogens is 1. The highest BCUT2D eigenvalue weighted by molar-refractivity contribution is 5.19. The Hall–Kier alpha value is -0.930. The predicted molar refractivity (Wildman–Crippen MR) is 73.5 cm³/mol. The molecule has 0 amide bonds. The van der Waals surface area contributed by atoms with Gasteiger partial charge in [0.05, 0.1) is 5.69 Å². The summed E-state index contributed by atoms with van der Waals surface area (Å²) >= 11 is 0. The van der Waals surface area contributed by atoms with E-state index >= 15 is 0 Å². The van der Waals surface area contributed by atoms with Crippen LogP contribution in [0.15, 0.2) is 18.3 Å².